The maximum absolute atomic E-state index is 2.67. The van der Waals surface area contributed by atoms with Crippen molar-refractivity contribution in [3.05, 3.63) is 0 Å². The summed E-state index contributed by atoms with van der Waals surface area (Å²) in [5.74, 6) is 0. The van der Waals surface area contributed by atoms with Gasteiger partial charge >= 0.3 is 9.84 Å². The quantitative estimate of drug-likeness (QED) is 0.578. The van der Waals surface area contributed by atoms with Crippen LogP contribution in [-0.2, 0) is 0 Å². The highest BCUT2D eigenvalue weighted by Crippen LogP contribution is 1.98. The van der Waals surface area contributed by atoms with Crippen molar-refractivity contribution in [3.8, 4) is 0 Å². The highest BCUT2D eigenvalue weighted by Gasteiger charge is 2.19. The van der Waals surface area contributed by atoms with Crippen molar-refractivity contribution in [2.45, 2.75) is 39.5 Å². The summed E-state index contributed by atoms with van der Waals surface area (Å²) in [7, 11) is -0.0583. The summed E-state index contributed by atoms with van der Waals surface area (Å²) in [5.41, 5.74) is 0. The van der Waals surface area contributed by atoms with E-state index in [1.54, 1.807) is 0 Å². The summed E-state index contributed by atoms with van der Waals surface area (Å²) in [4.78, 5) is 0. The summed E-state index contributed by atoms with van der Waals surface area (Å²) >= 11 is 0. The third kappa shape index (κ3) is 4.05. The van der Waals surface area contributed by atoms with Crippen molar-refractivity contribution in [2.75, 3.05) is 19.6 Å². The second-order valence-corrected chi connectivity index (χ2v) is 5.91. The predicted octanol–water partition coefficient (Wildman–Crippen LogP) is 0.984. The summed E-state index contributed by atoms with van der Waals surface area (Å²) in [6.45, 7) is 8.42. The van der Waals surface area contributed by atoms with Gasteiger partial charge in [-0.3, -0.25) is 4.57 Å². The minimum Gasteiger partial charge on any atom is -0.305 e. The van der Waals surface area contributed by atoms with Crippen LogP contribution < -0.4 is 0 Å². The van der Waals surface area contributed by atoms with Crippen LogP contribution in [-0.4, -0.2) is 44.5 Å². The molecule has 0 aliphatic carbocycles. The van der Waals surface area contributed by atoms with Gasteiger partial charge in [0.25, 0.3) is 0 Å². The summed E-state index contributed by atoms with van der Waals surface area (Å²) < 4.78 is 5.26. The normalized spacial score (nSPS) is 19.7. The highest BCUT2D eigenvalue weighted by atomic mass is 28.2. The molecule has 0 fully saturated rings. The fourth-order valence-corrected chi connectivity index (χ4v) is 3.38. The lowest BCUT2D eigenvalue weighted by atomic mass is 10.3. The van der Waals surface area contributed by atoms with E-state index in [2.05, 4.69) is 28.9 Å². The van der Waals surface area contributed by atoms with Gasteiger partial charge < -0.3 is 4.24 Å². The van der Waals surface area contributed by atoms with E-state index in [1.165, 1.54) is 45.3 Å². The standard InChI is InChI=1S/C10H23N2Si/c1-3-5-7-11-9-10-12(13-11)8-6-4-2/h9H,3-8,10,13H2,1-2H3/q+1. The van der Waals surface area contributed by atoms with Crippen LogP contribution in [0, 0.1) is 0 Å². The van der Waals surface area contributed by atoms with E-state index in [9.17, 15) is 0 Å². The Bertz CT molecular complexity index is 168. The fourth-order valence-electron chi connectivity index (χ4n) is 1.67. The van der Waals surface area contributed by atoms with E-state index in [0.717, 1.165) is 0 Å². The average Bonchev–Trinajstić information content (AvgIpc) is 2.59. The zero-order valence-corrected chi connectivity index (χ0v) is 10.5. The summed E-state index contributed by atoms with van der Waals surface area (Å²) in [6.07, 6.45) is 7.82. The lowest BCUT2D eigenvalue weighted by molar-refractivity contribution is -0.378. The van der Waals surface area contributed by atoms with Gasteiger partial charge in [0.15, 0.2) is 0 Å². The zero-order valence-electron chi connectivity index (χ0n) is 9.13. The van der Waals surface area contributed by atoms with Gasteiger partial charge in [-0.1, -0.05) is 26.7 Å². The van der Waals surface area contributed by atoms with Crippen molar-refractivity contribution in [2.24, 2.45) is 0 Å². The van der Waals surface area contributed by atoms with Crippen molar-refractivity contribution in [1.82, 2.24) is 4.57 Å². The number of hydrogen-bond acceptors (Lipinski definition) is 1. The molecule has 76 valence electrons. The molecule has 2 nitrogen and oxygen atoms in total. The van der Waals surface area contributed by atoms with Crippen molar-refractivity contribution in [1.29, 1.82) is 0 Å². The Kier molecular flexibility index (Phi) is 5.31. The van der Waals surface area contributed by atoms with Crippen LogP contribution in [0.4, 0.5) is 0 Å². The molecule has 1 heterocycles. The minimum absolute atomic E-state index is 0.0583. The molecule has 0 amide bonds. The van der Waals surface area contributed by atoms with Crippen LogP contribution in [0.2, 0.25) is 0 Å². The van der Waals surface area contributed by atoms with E-state index in [4.69, 9.17) is 0 Å². The molecule has 1 rings (SSSR count). The first kappa shape index (κ1) is 10.9. The van der Waals surface area contributed by atoms with Crippen molar-refractivity contribution >= 4 is 16.1 Å². The van der Waals surface area contributed by atoms with Crippen molar-refractivity contribution in [3.63, 3.8) is 0 Å². The smallest absolute Gasteiger partial charge is 0.305 e. The molecule has 0 aromatic rings. The van der Waals surface area contributed by atoms with E-state index in [0.29, 0.717) is 0 Å². The fraction of sp³-hybridized carbons (Fsp3) is 0.900. The third-order valence-corrected chi connectivity index (χ3v) is 4.52. The van der Waals surface area contributed by atoms with E-state index in [-0.39, 0.29) is 9.84 Å². The van der Waals surface area contributed by atoms with Gasteiger partial charge in [-0.2, -0.15) is 0 Å². The lowest BCUT2D eigenvalue weighted by Gasteiger charge is -2.09. The molecule has 0 unspecified atom stereocenters. The molecule has 0 atom stereocenters. The van der Waals surface area contributed by atoms with Crippen LogP contribution >= 0.6 is 0 Å². The van der Waals surface area contributed by atoms with Crippen LogP contribution in [0.5, 0.6) is 0 Å². The third-order valence-electron chi connectivity index (χ3n) is 2.61. The molecule has 0 aromatic carbocycles. The molecule has 3 heteroatoms. The first-order valence-corrected chi connectivity index (χ1v) is 6.93. The van der Waals surface area contributed by atoms with Crippen molar-refractivity contribution < 1.29 is 4.24 Å². The second kappa shape index (κ2) is 6.32. The SMILES string of the molecule is CCCCN1CC=[N+](CCCC)[SiH2]1. The minimum atomic E-state index is -0.0583. The molecule has 1 aliphatic heterocycles. The molecule has 0 aromatic heterocycles. The second-order valence-electron chi connectivity index (χ2n) is 3.92. The monoisotopic (exact) mass is 199 g/mol. The zero-order chi connectivity index (χ0) is 9.52. The van der Waals surface area contributed by atoms with Gasteiger partial charge in [-0.05, 0) is 13.0 Å². The van der Waals surface area contributed by atoms with E-state index in [1.807, 2.05) is 0 Å². The highest BCUT2D eigenvalue weighted by molar-refractivity contribution is 6.24. The molecule has 0 radical (unpaired) electrons. The van der Waals surface area contributed by atoms with E-state index < -0.39 is 0 Å². The van der Waals surface area contributed by atoms with Gasteiger partial charge in [0, 0.05) is 6.42 Å². The van der Waals surface area contributed by atoms with Crippen LogP contribution in [0.1, 0.15) is 39.5 Å². The maximum atomic E-state index is 2.67. The first-order valence-electron chi connectivity index (χ1n) is 5.66. The number of nitrogens with zero attached hydrogens (tertiary/aromatic N) is 2. The molecular weight excluding hydrogens is 176 g/mol. The Hall–Kier alpha value is -0.153. The predicted molar refractivity (Wildman–Crippen MR) is 61.1 cm³/mol. The molecule has 0 saturated heterocycles. The first-order chi connectivity index (χ1) is 6.36. The molecular formula is C10H23N2Si+. The Balaban J connectivity index is 2.10. The maximum Gasteiger partial charge on any atom is 0.412 e. The number of rotatable bonds is 6. The van der Waals surface area contributed by atoms with Gasteiger partial charge in [0.2, 0.25) is 0 Å². The molecule has 13 heavy (non-hydrogen) atoms. The van der Waals surface area contributed by atoms with Gasteiger partial charge in [-0.25, -0.2) is 0 Å². The molecule has 0 saturated carbocycles. The van der Waals surface area contributed by atoms with Crippen LogP contribution in [0.25, 0.3) is 0 Å². The number of unbranched alkanes of at least 4 members (excludes halogenated alkanes) is 2. The van der Waals surface area contributed by atoms with Gasteiger partial charge in [-0.15, -0.1) is 0 Å². The Morgan fingerprint density at radius 2 is 2.08 bits per heavy atom. The van der Waals surface area contributed by atoms with E-state index >= 15 is 0 Å². The molecule has 0 spiro atoms. The summed E-state index contributed by atoms with van der Waals surface area (Å²) in [6, 6.07) is 0. The van der Waals surface area contributed by atoms with Crippen LogP contribution in [0.3, 0.4) is 0 Å². The topological polar surface area (TPSA) is 6.25 Å². The Morgan fingerprint density at radius 3 is 2.77 bits per heavy atom. The number of hydrogen-bond donors (Lipinski definition) is 0. The van der Waals surface area contributed by atoms with Gasteiger partial charge in [0.1, 0.15) is 12.8 Å². The molecule has 0 N–H and O–H groups in total. The molecule has 0 bridgehead atoms. The lowest BCUT2D eigenvalue weighted by Crippen LogP contribution is -2.29. The van der Waals surface area contributed by atoms with Gasteiger partial charge in [0.05, 0.1) is 6.54 Å². The summed E-state index contributed by atoms with van der Waals surface area (Å²) in [5, 5.41) is 0. The largest absolute Gasteiger partial charge is 0.412 e. The average molecular weight is 199 g/mol. The Morgan fingerprint density at radius 1 is 1.31 bits per heavy atom. The molecule has 1 aliphatic rings. The Labute approximate surface area is 84.6 Å². The van der Waals surface area contributed by atoms with Crippen LogP contribution in [0.15, 0.2) is 0 Å².